The van der Waals surface area contributed by atoms with E-state index >= 15 is 0 Å². The van der Waals surface area contributed by atoms with Crippen LogP contribution in [0.5, 0.6) is 0 Å². The van der Waals surface area contributed by atoms with Crippen LogP contribution in [0.1, 0.15) is 25.3 Å². The van der Waals surface area contributed by atoms with Crippen molar-refractivity contribution < 1.29 is 13.2 Å². The number of sulfonamides is 1. The lowest BCUT2D eigenvalue weighted by Gasteiger charge is -2.16. The van der Waals surface area contributed by atoms with Gasteiger partial charge in [-0.3, -0.25) is 4.79 Å². The summed E-state index contributed by atoms with van der Waals surface area (Å²) in [5.41, 5.74) is 0.786. The molecule has 0 saturated heterocycles. The Bertz CT molecular complexity index is 601. The summed E-state index contributed by atoms with van der Waals surface area (Å²) in [6, 6.07) is 8.40. The minimum atomic E-state index is -3.68. The van der Waals surface area contributed by atoms with Crippen molar-refractivity contribution in [2.45, 2.75) is 25.8 Å². The van der Waals surface area contributed by atoms with Crippen LogP contribution in [0, 0.1) is 0 Å². The van der Waals surface area contributed by atoms with Crippen LogP contribution in [0.4, 0.5) is 0 Å². The Morgan fingerprint density at radius 2 is 2.00 bits per heavy atom. The first-order chi connectivity index (χ1) is 11.0. The number of hydrogen-bond donors (Lipinski definition) is 2. The zero-order valence-electron chi connectivity index (χ0n) is 13.5. The highest BCUT2D eigenvalue weighted by Crippen LogP contribution is 2.06. The molecule has 0 aliphatic heterocycles. The number of carbonyl (C=O) groups excluding carboxylic acids is 1. The molecule has 2 N–H and O–H groups in total. The van der Waals surface area contributed by atoms with Gasteiger partial charge in [-0.05, 0) is 36.5 Å². The van der Waals surface area contributed by atoms with Crippen molar-refractivity contribution in [3.05, 3.63) is 41.3 Å². The summed E-state index contributed by atoms with van der Waals surface area (Å²) in [5, 5.41) is 3.84. The Hall–Kier alpha value is -1.31. The van der Waals surface area contributed by atoms with E-state index in [0.29, 0.717) is 18.7 Å². The summed E-state index contributed by atoms with van der Waals surface area (Å²) >= 11 is 1.57. The Balaban J connectivity index is 2.75. The first-order valence-corrected chi connectivity index (χ1v) is 10.4. The van der Waals surface area contributed by atoms with Crippen LogP contribution in [0.25, 0.3) is 6.08 Å². The summed E-state index contributed by atoms with van der Waals surface area (Å²) in [5.74, 6) is 0.423. The predicted octanol–water partition coefficient (Wildman–Crippen LogP) is 2.22. The number of thioether (sulfide) groups is 1. The highest BCUT2D eigenvalue weighted by molar-refractivity contribution is 7.98. The van der Waals surface area contributed by atoms with Gasteiger partial charge >= 0.3 is 0 Å². The van der Waals surface area contributed by atoms with Crippen LogP contribution in [0.15, 0.2) is 35.7 Å². The molecule has 0 spiro atoms. The molecule has 1 rings (SSSR count). The SMILES string of the molecule is CCCNC(=O)C(CCSC)NS(=O)(=O)/C=C/c1ccccc1. The van der Waals surface area contributed by atoms with Gasteiger partial charge in [-0.25, -0.2) is 8.42 Å². The smallest absolute Gasteiger partial charge is 0.238 e. The van der Waals surface area contributed by atoms with E-state index in [2.05, 4.69) is 10.0 Å². The van der Waals surface area contributed by atoms with E-state index < -0.39 is 16.1 Å². The highest BCUT2D eigenvalue weighted by Gasteiger charge is 2.22. The molecule has 5 nitrogen and oxygen atoms in total. The molecule has 1 amide bonds. The molecular weight excluding hydrogens is 332 g/mol. The van der Waals surface area contributed by atoms with Gasteiger partial charge in [0.2, 0.25) is 15.9 Å². The summed E-state index contributed by atoms with van der Waals surface area (Å²) in [4.78, 5) is 12.1. The monoisotopic (exact) mass is 356 g/mol. The van der Waals surface area contributed by atoms with Gasteiger partial charge in [0.05, 0.1) is 0 Å². The number of carbonyl (C=O) groups is 1. The highest BCUT2D eigenvalue weighted by atomic mass is 32.2. The van der Waals surface area contributed by atoms with Crippen LogP contribution >= 0.6 is 11.8 Å². The lowest BCUT2D eigenvalue weighted by atomic mass is 10.2. The maximum Gasteiger partial charge on any atom is 0.238 e. The molecule has 128 valence electrons. The van der Waals surface area contributed by atoms with E-state index in [-0.39, 0.29) is 5.91 Å². The molecule has 0 aromatic heterocycles. The van der Waals surface area contributed by atoms with Gasteiger partial charge in [-0.15, -0.1) is 0 Å². The summed E-state index contributed by atoms with van der Waals surface area (Å²) in [7, 11) is -3.68. The van der Waals surface area contributed by atoms with Crippen molar-refractivity contribution >= 4 is 33.8 Å². The minimum Gasteiger partial charge on any atom is -0.355 e. The van der Waals surface area contributed by atoms with Crippen molar-refractivity contribution in [1.82, 2.24) is 10.0 Å². The Labute approximate surface area is 143 Å². The number of rotatable bonds is 10. The fourth-order valence-electron chi connectivity index (χ4n) is 1.82. The van der Waals surface area contributed by atoms with E-state index in [1.165, 1.54) is 6.08 Å². The topological polar surface area (TPSA) is 75.3 Å². The van der Waals surface area contributed by atoms with E-state index in [1.54, 1.807) is 11.8 Å². The second kappa shape index (κ2) is 10.5. The van der Waals surface area contributed by atoms with Crippen LogP contribution in [-0.4, -0.2) is 38.9 Å². The summed E-state index contributed by atoms with van der Waals surface area (Å²) in [6.45, 7) is 2.49. The molecule has 1 unspecified atom stereocenters. The maximum absolute atomic E-state index is 12.2. The van der Waals surface area contributed by atoms with Gasteiger partial charge in [0.1, 0.15) is 6.04 Å². The molecule has 0 saturated carbocycles. The zero-order chi connectivity index (χ0) is 17.1. The van der Waals surface area contributed by atoms with Gasteiger partial charge in [-0.1, -0.05) is 37.3 Å². The molecule has 1 aromatic rings. The van der Waals surface area contributed by atoms with Crippen LogP contribution < -0.4 is 10.0 Å². The minimum absolute atomic E-state index is 0.280. The molecule has 1 aromatic carbocycles. The third-order valence-corrected chi connectivity index (χ3v) is 4.77. The third-order valence-electron chi connectivity index (χ3n) is 3.02. The molecule has 1 atom stereocenters. The second-order valence-corrected chi connectivity index (χ2v) is 7.58. The predicted molar refractivity (Wildman–Crippen MR) is 97.6 cm³/mol. The van der Waals surface area contributed by atoms with Crippen molar-refractivity contribution in [2.24, 2.45) is 0 Å². The van der Waals surface area contributed by atoms with Crippen molar-refractivity contribution in [2.75, 3.05) is 18.6 Å². The number of benzene rings is 1. The first kappa shape index (κ1) is 19.7. The number of nitrogens with one attached hydrogen (secondary N) is 2. The van der Waals surface area contributed by atoms with E-state index in [0.717, 1.165) is 17.4 Å². The normalized spacial score (nSPS) is 13.1. The Kier molecular flexibility index (Phi) is 8.98. The Morgan fingerprint density at radius 1 is 1.30 bits per heavy atom. The zero-order valence-corrected chi connectivity index (χ0v) is 15.1. The first-order valence-electron chi connectivity index (χ1n) is 7.50. The second-order valence-electron chi connectivity index (χ2n) is 5.00. The molecule has 0 bridgehead atoms. The largest absolute Gasteiger partial charge is 0.355 e. The molecule has 0 fully saturated rings. The maximum atomic E-state index is 12.2. The van der Waals surface area contributed by atoms with Gasteiger partial charge in [0, 0.05) is 12.0 Å². The van der Waals surface area contributed by atoms with Crippen LogP contribution in [0.3, 0.4) is 0 Å². The van der Waals surface area contributed by atoms with Crippen LogP contribution in [0.2, 0.25) is 0 Å². The molecule has 7 heteroatoms. The van der Waals surface area contributed by atoms with E-state index in [4.69, 9.17) is 0 Å². The molecule has 0 radical (unpaired) electrons. The molecule has 0 heterocycles. The third kappa shape index (κ3) is 8.20. The van der Waals surface area contributed by atoms with Gasteiger partial charge < -0.3 is 5.32 Å². The van der Waals surface area contributed by atoms with Crippen LogP contribution in [-0.2, 0) is 14.8 Å². The quantitative estimate of drug-likeness (QED) is 0.674. The molecular formula is C16H24N2O3S2. The fourth-order valence-corrected chi connectivity index (χ4v) is 3.33. The lowest BCUT2D eigenvalue weighted by molar-refractivity contribution is -0.122. The number of hydrogen-bond acceptors (Lipinski definition) is 4. The summed E-state index contributed by atoms with van der Waals surface area (Å²) < 4.78 is 26.8. The Morgan fingerprint density at radius 3 is 2.61 bits per heavy atom. The molecule has 0 aliphatic carbocycles. The van der Waals surface area contributed by atoms with Crippen molar-refractivity contribution in [3.8, 4) is 0 Å². The van der Waals surface area contributed by atoms with Crippen molar-refractivity contribution in [1.29, 1.82) is 0 Å². The van der Waals surface area contributed by atoms with Crippen molar-refractivity contribution in [3.63, 3.8) is 0 Å². The standard InChI is InChI=1S/C16H24N2O3S2/c1-3-11-17-16(19)15(9-12-22-2)18-23(20,21)13-10-14-7-5-4-6-8-14/h4-8,10,13,15,18H,3,9,11-12H2,1-2H3,(H,17,19)/b13-10+. The van der Waals surface area contributed by atoms with Gasteiger partial charge in [0.25, 0.3) is 0 Å². The fraction of sp³-hybridized carbons (Fsp3) is 0.438. The summed E-state index contributed by atoms with van der Waals surface area (Å²) in [6.07, 6.45) is 4.69. The van der Waals surface area contributed by atoms with E-state index in [9.17, 15) is 13.2 Å². The molecule has 23 heavy (non-hydrogen) atoms. The molecule has 0 aliphatic rings. The lowest BCUT2D eigenvalue weighted by Crippen LogP contribution is -2.46. The average molecular weight is 357 g/mol. The number of amides is 1. The average Bonchev–Trinajstić information content (AvgIpc) is 2.55. The van der Waals surface area contributed by atoms with Gasteiger partial charge in [-0.2, -0.15) is 16.5 Å². The van der Waals surface area contributed by atoms with E-state index in [1.807, 2.05) is 43.5 Å². The van der Waals surface area contributed by atoms with Gasteiger partial charge in [0.15, 0.2) is 0 Å².